The van der Waals surface area contributed by atoms with Gasteiger partial charge in [0.1, 0.15) is 0 Å². The van der Waals surface area contributed by atoms with Crippen LogP contribution in [-0.2, 0) is 6.42 Å². The van der Waals surface area contributed by atoms with Crippen LogP contribution in [0.4, 0.5) is 0 Å². The first-order chi connectivity index (χ1) is 6.74. The van der Waals surface area contributed by atoms with E-state index in [1.54, 1.807) is 0 Å². The van der Waals surface area contributed by atoms with Crippen molar-refractivity contribution >= 4 is 11.6 Å². The number of aryl methyl sites for hydroxylation is 2. The molecular weight excluding hydrogens is 196 g/mol. The lowest BCUT2D eigenvalue weighted by atomic mass is 10.0. The summed E-state index contributed by atoms with van der Waals surface area (Å²) in [5.41, 5.74) is 2.75. The molecule has 0 aliphatic carbocycles. The van der Waals surface area contributed by atoms with Gasteiger partial charge in [-0.25, -0.2) is 0 Å². The van der Waals surface area contributed by atoms with Crippen LogP contribution in [-0.4, -0.2) is 12.2 Å². The molecule has 80 valence electrons. The van der Waals surface area contributed by atoms with E-state index in [1.165, 1.54) is 24.0 Å². The molecule has 0 aliphatic rings. The zero-order valence-corrected chi connectivity index (χ0v) is 9.93. The standard InChI is InChI=1S/C11H15Cl.CH4O/c1-3-4-5-10-8-11(12)7-6-9(10)2;1-2/h6-8H,3-5H2,1-2H3;2H,1H3. The smallest absolute Gasteiger partial charge is 0.0408 e. The summed E-state index contributed by atoms with van der Waals surface area (Å²) in [6.45, 7) is 4.35. The summed E-state index contributed by atoms with van der Waals surface area (Å²) in [5, 5.41) is 7.85. The summed E-state index contributed by atoms with van der Waals surface area (Å²) in [5.74, 6) is 0. The van der Waals surface area contributed by atoms with Crippen LogP contribution in [0.3, 0.4) is 0 Å². The Labute approximate surface area is 91.7 Å². The van der Waals surface area contributed by atoms with Crippen molar-refractivity contribution in [2.24, 2.45) is 0 Å². The number of rotatable bonds is 3. The van der Waals surface area contributed by atoms with E-state index in [4.69, 9.17) is 16.7 Å². The molecule has 1 N–H and O–H groups in total. The maximum absolute atomic E-state index is 7.00. The van der Waals surface area contributed by atoms with Gasteiger partial charge in [0.25, 0.3) is 0 Å². The molecular formula is C12H19ClO. The van der Waals surface area contributed by atoms with Gasteiger partial charge < -0.3 is 5.11 Å². The molecule has 1 aromatic rings. The third-order valence-electron chi connectivity index (χ3n) is 2.11. The van der Waals surface area contributed by atoms with Crippen molar-refractivity contribution in [3.05, 3.63) is 34.3 Å². The van der Waals surface area contributed by atoms with E-state index in [0.29, 0.717) is 0 Å². The second-order valence-electron chi connectivity index (χ2n) is 3.17. The molecule has 0 aliphatic heterocycles. The van der Waals surface area contributed by atoms with Gasteiger partial charge in [-0.3, -0.25) is 0 Å². The molecule has 0 unspecified atom stereocenters. The van der Waals surface area contributed by atoms with Gasteiger partial charge in [-0.1, -0.05) is 31.0 Å². The van der Waals surface area contributed by atoms with Gasteiger partial charge in [0.05, 0.1) is 0 Å². The second kappa shape index (κ2) is 7.84. The molecule has 0 amide bonds. The molecule has 1 rings (SSSR count). The monoisotopic (exact) mass is 214 g/mol. The fraction of sp³-hybridized carbons (Fsp3) is 0.500. The van der Waals surface area contributed by atoms with Gasteiger partial charge in [-0.2, -0.15) is 0 Å². The van der Waals surface area contributed by atoms with Crippen molar-refractivity contribution in [1.82, 2.24) is 0 Å². The largest absolute Gasteiger partial charge is 0.400 e. The average Bonchev–Trinajstić information content (AvgIpc) is 2.22. The summed E-state index contributed by atoms with van der Waals surface area (Å²) in [6, 6.07) is 6.12. The first-order valence-corrected chi connectivity index (χ1v) is 5.31. The topological polar surface area (TPSA) is 20.2 Å². The predicted octanol–water partition coefficient (Wildman–Crippen LogP) is 3.60. The van der Waals surface area contributed by atoms with E-state index >= 15 is 0 Å². The lowest BCUT2D eigenvalue weighted by Gasteiger charge is -2.04. The lowest BCUT2D eigenvalue weighted by molar-refractivity contribution is 0.399. The van der Waals surface area contributed by atoms with Crippen LogP contribution < -0.4 is 0 Å². The van der Waals surface area contributed by atoms with Crippen LogP contribution in [0.15, 0.2) is 18.2 Å². The van der Waals surface area contributed by atoms with Crippen molar-refractivity contribution < 1.29 is 5.11 Å². The number of benzene rings is 1. The molecule has 0 fully saturated rings. The highest BCUT2D eigenvalue weighted by Crippen LogP contribution is 2.17. The first kappa shape index (κ1) is 13.5. The van der Waals surface area contributed by atoms with Gasteiger partial charge in [-0.05, 0) is 43.0 Å². The van der Waals surface area contributed by atoms with Crippen molar-refractivity contribution in [2.75, 3.05) is 7.11 Å². The third kappa shape index (κ3) is 4.64. The highest BCUT2D eigenvalue weighted by atomic mass is 35.5. The molecule has 0 saturated heterocycles. The normalized spacial score (nSPS) is 9.21. The summed E-state index contributed by atoms with van der Waals surface area (Å²) in [7, 11) is 1.00. The molecule has 0 aromatic heterocycles. The molecule has 0 spiro atoms. The number of hydrogen-bond donors (Lipinski definition) is 1. The number of halogens is 1. The van der Waals surface area contributed by atoms with Crippen molar-refractivity contribution in [3.63, 3.8) is 0 Å². The Morgan fingerprint density at radius 1 is 1.29 bits per heavy atom. The third-order valence-corrected chi connectivity index (χ3v) is 2.35. The maximum atomic E-state index is 7.00. The number of aliphatic hydroxyl groups is 1. The molecule has 0 bridgehead atoms. The lowest BCUT2D eigenvalue weighted by Crippen LogP contribution is -1.88. The van der Waals surface area contributed by atoms with E-state index in [-0.39, 0.29) is 0 Å². The summed E-state index contributed by atoms with van der Waals surface area (Å²) >= 11 is 5.90. The fourth-order valence-electron chi connectivity index (χ4n) is 1.28. The van der Waals surface area contributed by atoms with Gasteiger partial charge in [0.15, 0.2) is 0 Å². The fourth-order valence-corrected chi connectivity index (χ4v) is 1.47. The minimum atomic E-state index is 0.853. The number of hydrogen-bond acceptors (Lipinski definition) is 1. The Morgan fingerprint density at radius 3 is 2.50 bits per heavy atom. The number of unbranched alkanes of at least 4 members (excludes halogenated alkanes) is 1. The predicted molar refractivity (Wildman–Crippen MR) is 62.9 cm³/mol. The minimum Gasteiger partial charge on any atom is -0.400 e. The Balaban J connectivity index is 0.000000791. The minimum absolute atomic E-state index is 0.853. The highest BCUT2D eigenvalue weighted by Gasteiger charge is 1.97. The zero-order chi connectivity index (χ0) is 11.0. The molecule has 0 atom stereocenters. The van der Waals surface area contributed by atoms with Crippen LogP contribution in [0.1, 0.15) is 30.9 Å². The second-order valence-corrected chi connectivity index (χ2v) is 3.61. The van der Waals surface area contributed by atoms with Crippen molar-refractivity contribution in [3.8, 4) is 0 Å². The van der Waals surface area contributed by atoms with Crippen LogP contribution >= 0.6 is 11.6 Å². The molecule has 0 saturated carbocycles. The quantitative estimate of drug-likeness (QED) is 0.815. The molecule has 1 aromatic carbocycles. The van der Waals surface area contributed by atoms with E-state index in [0.717, 1.165) is 18.6 Å². The van der Waals surface area contributed by atoms with Gasteiger partial charge in [0, 0.05) is 12.1 Å². The van der Waals surface area contributed by atoms with E-state index in [2.05, 4.69) is 26.0 Å². The maximum Gasteiger partial charge on any atom is 0.0408 e. The SMILES string of the molecule is CCCCc1cc(Cl)ccc1C.CO. The number of aliphatic hydroxyl groups excluding tert-OH is 1. The Kier molecular flexibility index (Phi) is 7.54. The Morgan fingerprint density at radius 2 is 1.93 bits per heavy atom. The molecule has 2 heteroatoms. The van der Waals surface area contributed by atoms with Gasteiger partial charge in [-0.15, -0.1) is 0 Å². The van der Waals surface area contributed by atoms with Crippen LogP contribution in [0.2, 0.25) is 5.02 Å². The van der Waals surface area contributed by atoms with Gasteiger partial charge in [0.2, 0.25) is 0 Å². The zero-order valence-electron chi connectivity index (χ0n) is 9.18. The summed E-state index contributed by atoms with van der Waals surface area (Å²) in [4.78, 5) is 0. The van der Waals surface area contributed by atoms with E-state index < -0.39 is 0 Å². The molecule has 1 nitrogen and oxygen atoms in total. The Bertz CT molecular complexity index is 258. The molecule has 14 heavy (non-hydrogen) atoms. The highest BCUT2D eigenvalue weighted by molar-refractivity contribution is 6.30. The molecule has 0 heterocycles. The Hall–Kier alpha value is -0.530. The van der Waals surface area contributed by atoms with Crippen molar-refractivity contribution in [1.29, 1.82) is 0 Å². The van der Waals surface area contributed by atoms with Crippen LogP contribution in [0.25, 0.3) is 0 Å². The van der Waals surface area contributed by atoms with Crippen LogP contribution in [0, 0.1) is 6.92 Å². The van der Waals surface area contributed by atoms with Crippen molar-refractivity contribution in [2.45, 2.75) is 33.1 Å². The van der Waals surface area contributed by atoms with Gasteiger partial charge >= 0.3 is 0 Å². The van der Waals surface area contributed by atoms with E-state index in [1.807, 2.05) is 6.07 Å². The average molecular weight is 215 g/mol. The first-order valence-electron chi connectivity index (χ1n) is 4.93. The summed E-state index contributed by atoms with van der Waals surface area (Å²) < 4.78 is 0. The van der Waals surface area contributed by atoms with Crippen LogP contribution in [0.5, 0.6) is 0 Å². The van der Waals surface area contributed by atoms with E-state index in [9.17, 15) is 0 Å². The summed E-state index contributed by atoms with van der Waals surface area (Å²) in [6.07, 6.45) is 3.65. The molecule has 0 radical (unpaired) electrons.